The van der Waals surface area contributed by atoms with Gasteiger partial charge in [0.15, 0.2) is 0 Å². The van der Waals surface area contributed by atoms with Gasteiger partial charge in [0, 0.05) is 5.02 Å². The van der Waals surface area contributed by atoms with E-state index in [0.717, 1.165) is 5.56 Å². The van der Waals surface area contributed by atoms with Crippen LogP contribution in [-0.2, 0) is 0 Å². The average molecular weight is 303 g/mol. The van der Waals surface area contributed by atoms with E-state index in [0.29, 0.717) is 22.0 Å². The molecule has 2 rings (SSSR count). The highest BCUT2D eigenvalue weighted by Crippen LogP contribution is 2.22. The Balaban J connectivity index is 2.17. The van der Waals surface area contributed by atoms with Gasteiger partial charge in [-0.1, -0.05) is 41.9 Å². The number of carbonyl (C=O) groups excluding carboxylic acids is 1. The SMILES string of the molecule is COc1ccc(Cl)cc1C(=O)N/N=C(\C)c1ccccc1. The molecule has 0 saturated heterocycles. The van der Waals surface area contributed by atoms with Crippen molar-refractivity contribution in [2.75, 3.05) is 7.11 Å². The lowest BCUT2D eigenvalue weighted by Gasteiger charge is -2.08. The number of hydrogen-bond donors (Lipinski definition) is 1. The second kappa shape index (κ2) is 6.90. The van der Waals surface area contributed by atoms with E-state index in [9.17, 15) is 4.79 Å². The molecular formula is C16H15ClN2O2. The molecule has 4 nitrogen and oxygen atoms in total. The monoisotopic (exact) mass is 302 g/mol. The van der Waals surface area contributed by atoms with Crippen molar-refractivity contribution >= 4 is 23.2 Å². The van der Waals surface area contributed by atoms with Gasteiger partial charge >= 0.3 is 0 Å². The molecule has 1 amide bonds. The molecule has 21 heavy (non-hydrogen) atoms. The highest BCUT2D eigenvalue weighted by Gasteiger charge is 2.12. The average Bonchev–Trinajstić information content (AvgIpc) is 2.53. The summed E-state index contributed by atoms with van der Waals surface area (Å²) < 4.78 is 5.14. The number of benzene rings is 2. The van der Waals surface area contributed by atoms with Crippen molar-refractivity contribution in [2.24, 2.45) is 5.10 Å². The van der Waals surface area contributed by atoms with E-state index >= 15 is 0 Å². The number of hydrogen-bond acceptors (Lipinski definition) is 3. The lowest BCUT2D eigenvalue weighted by molar-refractivity contribution is 0.0952. The smallest absolute Gasteiger partial charge is 0.275 e. The van der Waals surface area contributed by atoms with Gasteiger partial charge in [-0.15, -0.1) is 0 Å². The Morgan fingerprint density at radius 1 is 1.19 bits per heavy atom. The van der Waals surface area contributed by atoms with Gasteiger partial charge in [-0.25, -0.2) is 5.43 Å². The Morgan fingerprint density at radius 3 is 2.57 bits per heavy atom. The number of rotatable bonds is 4. The molecule has 0 unspecified atom stereocenters. The quantitative estimate of drug-likeness (QED) is 0.694. The first kappa shape index (κ1) is 15.1. The molecule has 1 N–H and O–H groups in total. The van der Waals surface area contributed by atoms with Crippen LogP contribution in [0.25, 0.3) is 0 Å². The fourth-order valence-electron chi connectivity index (χ4n) is 1.80. The summed E-state index contributed by atoms with van der Waals surface area (Å²) in [6.45, 7) is 1.82. The van der Waals surface area contributed by atoms with Crippen molar-refractivity contribution in [3.63, 3.8) is 0 Å². The Labute approximate surface area is 128 Å². The van der Waals surface area contributed by atoms with Crippen LogP contribution in [0.4, 0.5) is 0 Å². The van der Waals surface area contributed by atoms with Gasteiger partial charge in [0.05, 0.1) is 18.4 Å². The van der Waals surface area contributed by atoms with E-state index in [1.165, 1.54) is 7.11 Å². The second-order valence-corrected chi connectivity index (χ2v) is 4.79. The van der Waals surface area contributed by atoms with Crippen LogP contribution in [0.1, 0.15) is 22.8 Å². The van der Waals surface area contributed by atoms with Gasteiger partial charge in [-0.05, 0) is 30.7 Å². The molecule has 0 atom stereocenters. The molecule has 0 fully saturated rings. The maximum Gasteiger partial charge on any atom is 0.275 e. The van der Waals surface area contributed by atoms with E-state index in [4.69, 9.17) is 16.3 Å². The normalized spacial score (nSPS) is 11.1. The van der Waals surface area contributed by atoms with Crippen LogP contribution in [0.5, 0.6) is 5.75 Å². The topological polar surface area (TPSA) is 50.7 Å². The Morgan fingerprint density at radius 2 is 1.90 bits per heavy atom. The van der Waals surface area contributed by atoms with E-state index in [1.54, 1.807) is 18.2 Å². The van der Waals surface area contributed by atoms with Crippen molar-refractivity contribution in [2.45, 2.75) is 6.92 Å². The molecule has 0 spiro atoms. The maximum atomic E-state index is 12.2. The third-order valence-corrected chi connectivity index (χ3v) is 3.16. The van der Waals surface area contributed by atoms with Gasteiger partial charge in [0.25, 0.3) is 5.91 Å². The fraction of sp³-hybridized carbons (Fsp3) is 0.125. The summed E-state index contributed by atoms with van der Waals surface area (Å²) in [5.74, 6) is 0.0779. The van der Waals surface area contributed by atoms with Crippen molar-refractivity contribution in [3.8, 4) is 5.75 Å². The number of halogens is 1. The van der Waals surface area contributed by atoms with Crippen molar-refractivity contribution in [1.29, 1.82) is 0 Å². The molecule has 0 aliphatic heterocycles. The summed E-state index contributed by atoms with van der Waals surface area (Å²) in [4.78, 5) is 12.2. The van der Waals surface area contributed by atoms with Gasteiger partial charge in [0.1, 0.15) is 5.75 Å². The fourth-order valence-corrected chi connectivity index (χ4v) is 1.97. The predicted octanol–water partition coefficient (Wildman–Crippen LogP) is 3.50. The summed E-state index contributed by atoms with van der Waals surface area (Å²) >= 11 is 5.91. The number of nitrogens with one attached hydrogen (secondary N) is 1. The van der Waals surface area contributed by atoms with Crippen LogP contribution in [0, 0.1) is 0 Å². The standard InChI is InChI=1S/C16H15ClN2O2/c1-11(12-6-4-3-5-7-12)18-19-16(20)14-10-13(17)8-9-15(14)21-2/h3-10H,1-2H3,(H,19,20)/b18-11+. The molecule has 0 bridgehead atoms. The Bertz CT molecular complexity index is 669. The Hall–Kier alpha value is -2.33. The summed E-state index contributed by atoms with van der Waals surface area (Å²) in [5.41, 5.74) is 4.51. The minimum Gasteiger partial charge on any atom is -0.496 e. The van der Waals surface area contributed by atoms with E-state index in [1.807, 2.05) is 37.3 Å². The molecule has 108 valence electrons. The summed E-state index contributed by atoms with van der Waals surface area (Å²) in [6, 6.07) is 14.4. The van der Waals surface area contributed by atoms with Crippen LogP contribution in [0.3, 0.4) is 0 Å². The van der Waals surface area contributed by atoms with Crippen molar-refractivity contribution < 1.29 is 9.53 Å². The van der Waals surface area contributed by atoms with Gasteiger partial charge < -0.3 is 4.74 Å². The number of hydrazone groups is 1. The minimum absolute atomic E-state index is 0.342. The lowest BCUT2D eigenvalue weighted by Crippen LogP contribution is -2.20. The molecule has 0 aromatic heterocycles. The Kier molecular flexibility index (Phi) is 4.95. The molecule has 0 aliphatic rings. The molecule has 0 aliphatic carbocycles. The first-order chi connectivity index (χ1) is 10.1. The first-order valence-electron chi connectivity index (χ1n) is 6.35. The van der Waals surface area contributed by atoms with Gasteiger partial charge in [0.2, 0.25) is 0 Å². The molecule has 0 saturated carbocycles. The lowest BCUT2D eigenvalue weighted by atomic mass is 10.1. The molecule has 0 radical (unpaired) electrons. The van der Waals surface area contributed by atoms with Crippen LogP contribution < -0.4 is 10.2 Å². The predicted molar refractivity (Wildman–Crippen MR) is 84.1 cm³/mol. The van der Waals surface area contributed by atoms with Crippen molar-refractivity contribution in [3.05, 3.63) is 64.7 Å². The number of methoxy groups -OCH3 is 1. The number of ether oxygens (including phenoxy) is 1. The molecule has 5 heteroatoms. The van der Waals surface area contributed by atoms with Crippen LogP contribution in [0.15, 0.2) is 53.6 Å². The summed E-state index contributed by atoms with van der Waals surface area (Å²) in [6.07, 6.45) is 0. The van der Waals surface area contributed by atoms with Crippen LogP contribution in [-0.4, -0.2) is 18.7 Å². The zero-order valence-corrected chi connectivity index (χ0v) is 12.5. The molecule has 0 heterocycles. The summed E-state index contributed by atoms with van der Waals surface area (Å²) in [5, 5.41) is 4.56. The highest BCUT2D eigenvalue weighted by molar-refractivity contribution is 6.31. The largest absolute Gasteiger partial charge is 0.496 e. The van der Waals surface area contributed by atoms with E-state index in [-0.39, 0.29) is 5.91 Å². The first-order valence-corrected chi connectivity index (χ1v) is 6.73. The second-order valence-electron chi connectivity index (χ2n) is 4.35. The van der Waals surface area contributed by atoms with Crippen molar-refractivity contribution in [1.82, 2.24) is 5.43 Å². The zero-order chi connectivity index (χ0) is 15.2. The van der Waals surface area contributed by atoms with E-state index < -0.39 is 0 Å². The van der Waals surface area contributed by atoms with Crippen LogP contribution in [0.2, 0.25) is 5.02 Å². The third-order valence-electron chi connectivity index (χ3n) is 2.92. The highest BCUT2D eigenvalue weighted by atomic mass is 35.5. The maximum absolute atomic E-state index is 12.2. The zero-order valence-electron chi connectivity index (χ0n) is 11.8. The minimum atomic E-state index is -0.371. The summed E-state index contributed by atoms with van der Waals surface area (Å²) in [7, 11) is 1.50. The third kappa shape index (κ3) is 3.83. The van der Waals surface area contributed by atoms with Gasteiger partial charge in [-0.2, -0.15) is 5.10 Å². The van der Waals surface area contributed by atoms with Crippen LogP contribution >= 0.6 is 11.6 Å². The van der Waals surface area contributed by atoms with Gasteiger partial charge in [-0.3, -0.25) is 4.79 Å². The molecule has 2 aromatic carbocycles. The molecule has 2 aromatic rings. The van der Waals surface area contributed by atoms with E-state index in [2.05, 4.69) is 10.5 Å². The number of amides is 1. The number of carbonyl (C=O) groups is 1. The number of nitrogens with zero attached hydrogens (tertiary/aromatic N) is 1. The molecular weight excluding hydrogens is 288 g/mol.